The highest BCUT2D eigenvalue weighted by atomic mass is 35.5. The predicted molar refractivity (Wildman–Crippen MR) is 135 cm³/mol. The van der Waals surface area contributed by atoms with Crippen LogP contribution in [0.2, 0.25) is 5.02 Å². The van der Waals surface area contributed by atoms with Gasteiger partial charge in [-0.25, -0.2) is 4.79 Å². The minimum absolute atomic E-state index is 0.252. The Morgan fingerprint density at radius 3 is 2.09 bits per heavy atom. The number of nitrogens with zero attached hydrogens (tertiary/aromatic N) is 1. The molecule has 0 aromatic heterocycles. The second-order valence-electron chi connectivity index (χ2n) is 9.16. The van der Waals surface area contributed by atoms with Gasteiger partial charge in [-0.15, -0.1) is 0 Å². The summed E-state index contributed by atoms with van der Waals surface area (Å²) in [5.74, 6) is -0.798. The van der Waals surface area contributed by atoms with Crippen LogP contribution < -0.4 is 10.6 Å². The van der Waals surface area contributed by atoms with Crippen LogP contribution >= 0.6 is 11.6 Å². The van der Waals surface area contributed by atoms with Gasteiger partial charge in [0.1, 0.15) is 18.2 Å². The van der Waals surface area contributed by atoms with Gasteiger partial charge in [-0.1, -0.05) is 41.9 Å². The maximum absolute atomic E-state index is 13.7. The third kappa shape index (κ3) is 6.97. The van der Waals surface area contributed by atoms with E-state index in [-0.39, 0.29) is 19.0 Å². The molecule has 34 heavy (non-hydrogen) atoms. The van der Waals surface area contributed by atoms with Crippen LogP contribution in [0.5, 0.6) is 0 Å². The van der Waals surface area contributed by atoms with Crippen molar-refractivity contribution in [2.45, 2.75) is 60.1 Å². The van der Waals surface area contributed by atoms with Crippen LogP contribution in [0.15, 0.2) is 36.4 Å². The average molecular weight is 488 g/mol. The van der Waals surface area contributed by atoms with E-state index >= 15 is 0 Å². The number of alkyl carbamates (subject to hydrolysis) is 1. The highest BCUT2D eigenvalue weighted by Gasteiger charge is 2.33. The fraction of sp³-hybridized carbons (Fsp3) is 0.423. The van der Waals surface area contributed by atoms with Crippen LogP contribution in [0.25, 0.3) is 0 Å². The van der Waals surface area contributed by atoms with Crippen molar-refractivity contribution in [2.24, 2.45) is 0 Å². The molecule has 7 nitrogen and oxygen atoms in total. The molecule has 0 aliphatic carbocycles. The summed E-state index contributed by atoms with van der Waals surface area (Å²) in [5, 5.41) is 5.82. The highest BCUT2D eigenvalue weighted by molar-refractivity contribution is 6.34. The van der Waals surface area contributed by atoms with Crippen molar-refractivity contribution in [3.05, 3.63) is 63.7 Å². The summed E-state index contributed by atoms with van der Waals surface area (Å²) in [6, 6.07) is 10.1. The van der Waals surface area contributed by atoms with E-state index in [0.29, 0.717) is 10.7 Å². The van der Waals surface area contributed by atoms with Gasteiger partial charge in [-0.3, -0.25) is 9.59 Å². The molecule has 0 heterocycles. The standard InChI is InChI=1S/C26H34ClN3O4/c1-8-30(20(31)15-28-25(33)34-26(5,6)7)23(21-16(2)11-9-12-17(21)3)24(32)29-22-18(4)13-10-14-19(22)27/h9-14,23H,8,15H2,1-7H3,(H,28,33)(H,29,32). The summed E-state index contributed by atoms with van der Waals surface area (Å²) in [5.41, 5.74) is 3.11. The van der Waals surface area contributed by atoms with E-state index < -0.39 is 23.6 Å². The lowest BCUT2D eigenvalue weighted by molar-refractivity contribution is -0.138. The number of anilines is 1. The number of hydrogen-bond acceptors (Lipinski definition) is 4. The van der Waals surface area contributed by atoms with Crippen molar-refractivity contribution in [1.82, 2.24) is 10.2 Å². The van der Waals surface area contributed by atoms with Crippen molar-refractivity contribution in [3.8, 4) is 0 Å². The van der Waals surface area contributed by atoms with Crippen molar-refractivity contribution >= 4 is 35.2 Å². The van der Waals surface area contributed by atoms with Crippen molar-refractivity contribution in [1.29, 1.82) is 0 Å². The zero-order valence-corrected chi connectivity index (χ0v) is 21.7. The Morgan fingerprint density at radius 1 is 1.00 bits per heavy atom. The molecule has 0 aliphatic rings. The van der Waals surface area contributed by atoms with E-state index in [9.17, 15) is 14.4 Å². The SMILES string of the molecule is CCN(C(=O)CNC(=O)OC(C)(C)C)C(C(=O)Nc1c(C)cccc1Cl)c1c(C)cccc1C. The fourth-order valence-electron chi connectivity index (χ4n) is 3.74. The number of halogens is 1. The third-order valence-corrected chi connectivity index (χ3v) is 5.60. The minimum atomic E-state index is -0.921. The molecule has 184 valence electrons. The Labute approximate surface area is 206 Å². The molecule has 2 rings (SSSR count). The fourth-order valence-corrected chi connectivity index (χ4v) is 4.00. The van der Waals surface area contributed by atoms with Gasteiger partial charge in [0.15, 0.2) is 0 Å². The lowest BCUT2D eigenvalue weighted by Gasteiger charge is -2.32. The van der Waals surface area contributed by atoms with E-state index in [4.69, 9.17) is 16.3 Å². The van der Waals surface area contributed by atoms with E-state index in [0.717, 1.165) is 22.3 Å². The number of benzene rings is 2. The van der Waals surface area contributed by atoms with Gasteiger partial charge < -0.3 is 20.3 Å². The smallest absolute Gasteiger partial charge is 0.408 e. The summed E-state index contributed by atoms with van der Waals surface area (Å²) in [4.78, 5) is 40.4. The molecule has 0 fully saturated rings. The first-order valence-corrected chi connectivity index (χ1v) is 11.6. The zero-order chi connectivity index (χ0) is 25.6. The number of amides is 3. The molecule has 0 bridgehead atoms. The number of hydrogen-bond donors (Lipinski definition) is 2. The number of para-hydroxylation sites is 1. The van der Waals surface area contributed by atoms with Gasteiger partial charge in [-0.05, 0) is 76.8 Å². The molecule has 1 atom stereocenters. The molecule has 0 radical (unpaired) electrons. The van der Waals surface area contributed by atoms with Gasteiger partial charge in [0.2, 0.25) is 5.91 Å². The van der Waals surface area contributed by atoms with Gasteiger partial charge in [-0.2, -0.15) is 0 Å². The van der Waals surface area contributed by atoms with Gasteiger partial charge in [0.05, 0.1) is 10.7 Å². The number of nitrogens with one attached hydrogen (secondary N) is 2. The molecule has 0 spiro atoms. The molecule has 0 aliphatic heterocycles. The minimum Gasteiger partial charge on any atom is -0.444 e. The van der Waals surface area contributed by atoms with Gasteiger partial charge in [0.25, 0.3) is 5.91 Å². The van der Waals surface area contributed by atoms with E-state index in [1.54, 1.807) is 39.8 Å². The quantitative estimate of drug-likeness (QED) is 0.553. The average Bonchev–Trinajstić information content (AvgIpc) is 2.72. The number of likely N-dealkylation sites (N-methyl/N-ethyl adjacent to an activating group) is 1. The second kappa shape index (κ2) is 11.4. The van der Waals surface area contributed by atoms with E-state index in [1.165, 1.54) is 4.90 Å². The Hall–Kier alpha value is -3.06. The topological polar surface area (TPSA) is 87.7 Å². The van der Waals surface area contributed by atoms with E-state index in [1.807, 2.05) is 45.0 Å². The molecular formula is C26H34ClN3O4. The van der Waals surface area contributed by atoms with Crippen LogP contribution in [-0.2, 0) is 14.3 Å². The van der Waals surface area contributed by atoms with Crippen LogP contribution in [0, 0.1) is 20.8 Å². The Morgan fingerprint density at radius 2 is 1.56 bits per heavy atom. The molecular weight excluding hydrogens is 454 g/mol. The van der Waals surface area contributed by atoms with Gasteiger partial charge >= 0.3 is 6.09 Å². The lowest BCUT2D eigenvalue weighted by atomic mass is 9.94. The molecule has 1 unspecified atom stereocenters. The molecule has 2 N–H and O–H groups in total. The predicted octanol–water partition coefficient (Wildman–Crippen LogP) is 5.32. The van der Waals surface area contributed by atoms with Crippen molar-refractivity contribution < 1.29 is 19.1 Å². The summed E-state index contributed by atoms with van der Waals surface area (Å²) in [7, 11) is 0. The van der Waals surface area contributed by atoms with Crippen molar-refractivity contribution in [3.63, 3.8) is 0 Å². The van der Waals surface area contributed by atoms with Crippen molar-refractivity contribution in [2.75, 3.05) is 18.4 Å². The molecule has 2 aromatic carbocycles. The maximum atomic E-state index is 13.7. The summed E-state index contributed by atoms with van der Waals surface area (Å²) in [6.07, 6.45) is -0.698. The Kier molecular flexibility index (Phi) is 9.10. The number of rotatable bonds is 7. The van der Waals surface area contributed by atoms with E-state index in [2.05, 4.69) is 10.6 Å². The van der Waals surface area contributed by atoms with Gasteiger partial charge in [0, 0.05) is 6.54 Å². The van der Waals surface area contributed by atoms with Crippen LogP contribution in [0.1, 0.15) is 56.0 Å². The molecule has 8 heteroatoms. The largest absolute Gasteiger partial charge is 0.444 e. The summed E-state index contributed by atoms with van der Waals surface area (Å²) < 4.78 is 5.22. The van der Waals surface area contributed by atoms with Crippen LogP contribution in [0.4, 0.5) is 10.5 Å². The second-order valence-corrected chi connectivity index (χ2v) is 9.57. The first kappa shape index (κ1) is 27.2. The van der Waals surface area contributed by atoms with Crippen LogP contribution in [0.3, 0.4) is 0 Å². The first-order valence-electron chi connectivity index (χ1n) is 11.2. The number of aryl methyl sites for hydroxylation is 3. The maximum Gasteiger partial charge on any atom is 0.408 e. The monoisotopic (exact) mass is 487 g/mol. The summed E-state index contributed by atoms with van der Waals surface area (Å²) in [6.45, 7) is 12.6. The lowest BCUT2D eigenvalue weighted by Crippen LogP contribution is -2.46. The number of carbonyl (C=O) groups is 3. The number of ether oxygens (including phenoxy) is 1. The highest BCUT2D eigenvalue weighted by Crippen LogP contribution is 2.31. The molecule has 0 saturated carbocycles. The molecule has 2 aromatic rings. The Bertz CT molecular complexity index is 1020. The molecule has 3 amide bonds. The zero-order valence-electron chi connectivity index (χ0n) is 20.9. The summed E-state index contributed by atoms with van der Waals surface area (Å²) >= 11 is 6.34. The normalized spacial score (nSPS) is 12.0. The Balaban J connectivity index is 2.40. The number of carbonyl (C=O) groups excluding carboxylic acids is 3. The molecule has 0 saturated heterocycles. The first-order chi connectivity index (χ1) is 15.9. The third-order valence-electron chi connectivity index (χ3n) is 5.29. The van der Waals surface area contributed by atoms with Crippen LogP contribution in [-0.4, -0.2) is 41.5 Å².